The number of aryl methyl sites for hydroxylation is 2. The third-order valence-corrected chi connectivity index (χ3v) is 5.85. The molecule has 0 fully saturated rings. The fourth-order valence-electron chi connectivity index (χ4n) is 3.34. The monoisotopic (exact) mass is 433 g/mol. The van der Waals surface area contributed by atoms with Gasteiger partial charge in [0.05, 0.1) is 22.3 Å². The van der Waals surface area contributed by atoms with Crippen molar-refractivity contribution in [1.82, 2.24) is 9.55 Å². The van der Waals surface area contributed by atoms with Gasteiger partial charge in [0.2, 0.25) is 5.91 Å². The van der Waals surface area contributed by atoms with Crippen molar-refractivity contribution < 1.29 is 9.18 Å². The maximum absolute atomic E-state index is 13.4. The van der Waals surface area contributed by atoms with Gasteiger partial charge in [-0.1, -0.05) is 42.1 Å². The topological polar surface area (TPSA) is 64.0 Å². The van der Waals surface area contributed by atoms with Gasteiger partial charge in [-0.05, 0) is 61.4 Å². The van der Waals surface area contributed by atoms with E-state index in [1.807, 2.05) is 32.0 Å². The number of halogens is 1. The zero-order chi connectivity index (χ0) is 22.0. The van der Waals surface area contributed by atoms with Crippen LogP contribution in [0, 0.1) is 19.7 Å². The SMILES string of the molecule is Cc1cccc(C)c1NC(=O)CSc1nc2ccccc2c(=O)n1-c1ccc(F)cc1. The summed E-state index contributed by atoms with van der Waals surface area (Å²) in [6.45, 7) is 3.87. The maximum atomic E-state index is 13.4. The Kier molecular flexibility index (Phi) is 5.86. The van der Waals surface area contributed by atoms with E-state index < -0.39 is 5.82 Å². The Balaban J connectivity index is 1.68. The molecule has 0 atom stereocenters. The minimum Gasteiger partial charge on any atom is -0.325 e. The Morgan fingerprint density at radius 2 is 1.68 bits per heavy atom. The highest BCUT2D eigenvalue weighted by Crippen LogP contribution is 2.23. The van der Waals surface area contributed by atoms with E-state index in [1.54, 1.807) is 24.3 Å². The number of hydrogen-bond donors (Lipinski definition) is 1. The number of nitrogens with zero attached hydrogens (tertiary/aromatic N) is 2. The van der Waals surface area contributed by atoms with Crippen LogP contribution in [0.1, 0.15) is 11.1 Å². The van der Waals surface area contributed by atoms with Gasteiger partial charge in [0.25, 0.3) is 5.56 Å². The lowest BCUT2D eigenvalue weighted by Gasteiger charge is -2.14. The molecule has 156 valence electrons. The molecule has 1 N–H and O–H groups in total. The Bertz CT molecular complexity index is 1310. The molecule has 4 rings (SSSR count). The summed E-state index contributed by atoms with van der Waals surface area (Å²) in [7, 11) is 0. The molecule has 0 unspecified atom stereocenters. The van der Waals surface area contributed by atoms with Crippen LogP contribution in [0.25, 0.3) is 16.6 Å². The van der Waals surface area contributed by atoms with Gasteiger partial charge in [-0.2, -0.15) is 0 Å². The molecule has 5 nitrogen and oxygen atoms in total. The van der Waals surface area contributed by atoms with Gasteiger partial charge in [-0.15, -0.1) is 0 Å². The number of fused-ring (bicyclic) bond motifs is 1. The lowest BCUT2D eigenvalue weighted by Crippen LogP contribution is -2.23. The molecule has 0 saturated carbocycles. The second kappa shape index (κ2) is 8.73. The van der Waals surface area contributed by atoms with Crippen LogP contribution >= 0.6 is 11.8 Å². The van der Waals surface area contributed by atoms with Crippen LogP contribution in [0.15, 0.2) is 76.7 Å². The van der Waals surface area contributed by atoms with Crippen LogP contribution < -0.4 is 10.9 Å². The molecule has 0 aliphatic rings. The summed E-state index contributed by atoms with van der Waals surface area (Å²) in [5, 5.41) is 3.77. The van der Waals surface area contributed by atoms with E-state index in [4.69, 9.17) is 0 Å². The number of amides is 1. The van der Waals surface area contributed by atoms with Crippen LogP contribution in [0.5, 0.6) is 0 Å². The smallest absolute Gasteiger partial charge is 0.266 e. The van der Waals surface area contributed by atoms with Crippen molar-refractivity contribution in [2.75, 3.05) is 11.1 Å². The van der Waals surface area contributed by atoms with Gasteiger partial charge in [-0.3, -0.25) is 14.2 Å². The number of anilines is 1. The Labute approximate surface area is 182 Å². The standard InChI is InChI=1S/C24H20FN3O2S/c1-15-6-5-7-16(2)22(15)27-21(29)14-31-24-26-20-9-4-3-8-19(20)23(30)28(24)18-12-10-17(25)11-13-18/h3-13H,14H2,1-2H3,(H,27,29). The number of nitrogens with one attached hydrogen (secondary N) is 1. The van der Waals surface area contributed by atoms with Crippen LogP contribution in [-0.2, 0) is 4.79 Å². The molecule has 0 saturated heterocycles. The normalized spacial score (nSPS) is 10.9. The van der Waals surface area contributed by atoms with E-state index >= 15 is 0 Å². The van der Waals surface area contributed by atoms with Crippen molar-refractivity contribution in [3.05, 3.63) is 94.0 Å². The number of carbonyl (C=O) groups excluding carboxylic acids is 1. The molecule has 0 radical (unpaired) electrons. The van der Waals surface area contributed by atoms with Gasteiger partial charge < -0.3 is 5.32 Å². The van der Waals surface area contributed by atoms with E-state index in [-0.39, 0.29) is 17.2 Å². The van der Waals surface area contributed by atoms with Crippen molar-refractivity contribution in [1.29, 1.82) is 0 Å². The predicted octanol–water partition coefficient (Wildman–Crippen LogP) is 4.87. The van der Waals surface area contributed by atoms with Crippen LogP contribution in [0.3, 0.4) is 0 Å². The quantitative estimate of drug-likeness (QED) is 0.360. The van der Waals surface area contributed by atoms with Gasteiger partial charge in [0, 0.05) is 5.69 Å². The van der Waals surface area contributed by atoms with Crippen molar-refractivity contribution in [2.24, 2.45) is 0 Å². The maximum Gasteiger partial charge on any atom is 0.266 e. The highest BCUT2D eigenvalue weighted by Gasteiger charge is 2.15. The number of aromatic nitrogens is 2. The summed E-state index contributed by atoms with van der Waals surface area (Å²) in [6.07, 6.45) is 0. The minimum atomic E-state index is -0.396. The molecule has 0 bridgehead atoms. The molecular weight excluding hydrogens is 413 g/mol. The third kappa shape index (κ3) is 4.36. The van der Waals surface area contributed by atoms with Crippen LogP contribution in [0.2, 0.25) is 0 Å². The lowest BCUT2D eigenvalue weighted by atomic mass is 10.1. The summed E-state index contributed by atoms with van der Waals surface area (Å²) in [4.78, 5) is 30.4. The van der Waals surface area contributed by atoms with E-state index in [1.165, 1.54) is 28.8 Å². The lowest BCUT2D eigenvalue weighted by molar-refractivity contribution is -0.113. The third-order valence-electron chi connectivity index (χ3n) is 4.91. The number of carbonyl (C=O) groups is 1. The number of thioether (sulfide) groups is 1. The number of para-hydroxylation sites is 2. The van der Waals surface area contributed by atoms with E-state index in [0.29, 0.717) is 21.7 Å². The molecule has 7 heteroatoms. The number of hydrogen-bond acceptors (Lipinski definition) is 4. The molecule has 1 heterocycles. The first-order valence-corrected chi connectivity index (χ1v) is 10.7. The molecule has 1 amide bonds. The molecule has 31 heavy (non-hydrogen) atoms. The zero-order valence-corrected chi connectivity index (χ0v) is 17.9. The summed E-state index contributed by atoms with van der Waals surface area (Å²) < 4.78 is 14.8. The van der Waals surface area contributed by atoms with E-state index in [0.717, 1.165) is 28.6 Å². The summed E-state index contributed by atoms with van der Waals surface area (Å²) in [5.41, 5.74) is 3.51. The van der Waals surface area contributed by atoms with Crippen molar-refractivity contribution in [2.45, 2.75) is 19.0 Å². The second-order valence-electron chi connectivity index (χ2n) is 7.13. The van der Waals surface area contributed by atoms with Crippen LogP contribution in [0.4, 0.5) is 10.1 Å². The van der Waals surface area contributed by atoms with Crippen molar-refractivity contribution in [3.8, 4) is 5.69 Å². The molecule has 1 aromatic heterocycles. The largest absolute Gasteiger partial charge is 0.325 e. The fourth-order valence-corrected chi connectivity index (χ4v) is 4.16. The zero-order valence-electron chi connectivity index (χ0n) is 17.1. The van der Waals surface area contributed by atoms with E-state index in [9.17, 15) is 14.0 Å². The van der Waals surface area contributed by atoms with Gasteiger partial charge >= 0.3 is 0 Å². The summed E-state index contributed by atoms with van der Waals surface area (Å²) in [6, 6.07) is 18.5. The predicted molar refractivity (Wildman–Crippen MR) is 123 cm³/mol. The molecule has 3 aromatic carbocycles. The van der Waals surface area contributed by atoms with Gasteiger partial charge in [-0.25, -0.2) is 9.37 Å². The van der Waals surface area contributed by atoms with E-state index in [2.05, 4.69) is 10.3 Å². The average Bonchev–Trinajstić information content (AvgIpc) is 2.76. The van der Waals surface area contributed by atoms with Gasteiger partial charge in [0.1, 0.15) is 5.82 Å². The summed E-state index contributed by atoms with van der Waals surface area (Å²) >= 11 is 1.16. The highest BCUT2D eigenvalue weighted by atomic mass is 32.2. The first-order chi connectivity index (χ1) is 14.9. The fraction of sp³-hybridized carbons (Fsp3) is 0.125. The Morgan fingerprint density at radius 3 is 2.39 bits per heavy atom. The van der Waals surface area contributed by atoms with Crippen LogP contribution in [-0.4, -0.2) is 21.2 Å². The molecule has 4 aromatic rings. The molecular formula is C24H20FN3O2S. The molecule has 0 aliphatic carbocycles. The van der Waals surface area contributed by atoms with Crippen molar-refractivity contribution >= 4 is 34.3 Å². The van der Waals surface area contributed by atoms with Gasteiger partial charge in [0.15, 0.2) is 5.16 Å². The minimum absolute atomic E-state index is 0.0692. The Hall–Kier alpha value is -3.45. The first kappa shape index (κ1) is 20.8. The molecule has 0 spiro atoms. The molecule has 0 aliphatic heterocycles. The number of rotatable bonds is 5. The average molecular weight is 434 g/mol. The highest BCUT2D eigenvalue weighted by molar-refractivity contribution is 7.99. The number of benzene rings is 3. The first-order valence-electron chi connectivity index (χ1n) is 9.70. The second-order valence-corrected chi connectivity index (χ2v) is 8.07. The van der Waals surface area contributed by atoms with Crippen molar-refractivity contribution in [3.63, 3.8) is 0 Å². The Morgan fingerprint density at radius 1 is 1.00 bits per heavy atom. The summed E-state index contributed by atoms with van der Waals surface area (Å²) in [5.74, 6) is -0.525.